The summed E-state index contributed by atoms with van der Waals surface area (Å²) in [6.07, 6.45) is 7.55. The number of aliphatic carboxylic acids is 2. The van der Waals surface area contributed by atoms with E-state index in [2.05, 4.69) is 15.0 Å². The van der Waals surface area contributed by atoms with Crippen molar-refractivity contribution in [1.82, 2.24) is 9.88 Å². The second-order valence-electron chi connectivity index (χ2n) is 5.94. The molecule has 9 nitrogen and oxygen atoms in total. The maximum absolute atomic E-state index is 9.90. The lowest BCUT2D eigenvalue weighted by atomic mass is 10.1. The Balaban J connectivity index is 0.000000416. The Labute approximate surface area is 167 Å². The van der Waals surface area contributed by atoms with Crippen LogP contribution in [0.2, 0.25) is 0 Å². The fourth-order valence-electron chi connectivity index (χ4n) is 2.36. The maximum atomic E-state index is 9.90. The van der Waals surface area contributed by atoms with E-state index in [1.54, 1.807) is 24.5 Å². The molecule has 0 aromatic carbocycles. The van der Waals surface area contributed by atoms with Crippen molar-refractivity contribution < 1.29 is 29.7 Å². The SMILES string of the molecule is O=C(O)C=CC(=O)O.OC(CON=C(Cl)c1ccncc1)CN1CCCCC1. The first-order valence-electron chi connectivity index (χ1n) is 8.68. The summed E-state index contributed by atoms with van der Waals surface area (Å²) in [4.78, 5) is 30.4. The molecule has 1 saturated heterocycles. The predicted molar refractivity (Wildman–Crippen MR) is 103 cm³/mol. The smallest absolute Gasteiger partial charge is 0.328 e. The Kier molecular flexibility index (Phi) is 11.5. The number of pyridine rings is 1. The highest BCUT2D eigenvalue weighted by atomic mass is 35.5. The third kappa shape index (κ3) is 11.3. The van der Waals surface area contributed by atoms with E-state index in [4.69, 9.17) is 26.7 Å². The number of aromatic nitrogens is 1. The highest BCUT2D eigenvalue weighted by Crippen LogP contribution is 2.09. The zero-order chi connectivity index (χ0) is 20.8. The summed E-state index contributed by atoms with van der Waals surface area (Å²) in [5.41, 5.74) is 0.743. The second-order valence-corrected chi connectivity index (χ2v) is 6.30. The van der Waals surface area contributed by atoms with Gasteiger partial charge in [0.2, 0.25) is 0 Å². The Hall–Kier alpha value is -2.49. The standard InChI is InChI=1S/C14H20ClN3O2.C4H4O4/c15-14(12-4-6-16-7-5-12)17-20-11-13(19)10-18-8-2-1-3-9-18;5-3(6)1-2-4(7)8/h4-7,13,19H,1-3,8-11H2;1-2H,(H,5,6)(H,7,8). The lowest BCUT2D eigenvalue weighted by Crippen LogP contribution is -2.38. The van der Waals surface area contributed by atoms with Crippen molar-refractivity contribution in [2.24, 2.45) is 5.16 Å². The first kappa shape index (κ1) is 23.5. The van der Waals surface area contributed by atoms with Crippen molar-refractivity contribution in [2.75, 3.05) is 26.2 Å². The van der Waals surface area contributed by atoms with E-state index >= 15 is 0 Å². The third-order valence-electron chi connectivity index (χ3n) is 3.62. The molecule has 1 fully saturated rings. The number of carbonyl (C=O) groups is 2. The molecule has 0 amide bonds. The monoisotopic (exact) mass is 413 g/mol. The summed E-state index contributed by atoms with van der Waals surface area (Å²) >= 11 is 5.99. The zero-order valence-electron chi connectivity index (χ0n) is 15.3. The highest BCUT2D eigenvalue weighted by Gasteiger charge is 2.15. The van der Waals surface area contributed by atoms with Crippen molar-refractivity contribution in [3.63, 3.8) is 0 Å². The molecular formula is C18H24ClN3O6. The molecule has 28 heavy (non-hydrogen) atoms. The number of β-amino-alcohol motifs (C(OH)–C–C–N with tert-alkyl or cyclic N) is 1. The Morgan fingerprint density at radius 2 is 1.75 bits per heavy atom. The van der Waals surface area contributed by atoms with Gasteiger partial charge < -0.3 is 25.1 Å². The lowest BCUT2D eigenvalue weighted by molar-refractivity contribution is -0.134. The Bertz CT molecular complexity index is 647. The predicted octanol–water partition coefficient (Wildman–Crippen LogP) is 1.56. The van der Waals surface area contributed by atoms with Crippen LogP contribution in [-0.2, 0) is 14.4 Å². The largest absolute Gasteiger partial charge is 0.478 e. The third-order valence-corrected chi connectivity index (χ3v) is 3.90. The number of aliphatic hydroxyl groups is 1. The van der Waals surface area contributed by atoms with E-state index in [1.807, 2.05) is 0 Å². The molecule has 154 valence electrons. The van der Waals surface area contributed by atoms with Crippen LogP contribution >= 0.6 is 11.6 Å². The van der Waals surface area contributed by atoms with Gasteiger partial charge in [-0.1, -0.05) is 23.2 Å². The molecule has 1 unspecified atom stereocenters. The Morgan fingerprint density at radius 3 is 2.29 bits per heavy atom. The highest BCUT2D eigenvalue weighted by molar-refractivity contribution is 6.69. The number of hydrogen-bond acceptors (Lipinski definition) is 7. The normalized spacial score (nSPS) is 16.1. The van der Waals surface area contributed by atoms with Crippen molar-refractivity contribution in [1.29, 1.82) is 0 Å². The van der Waals surface area contributed by atoms with Crippen molar-refractivity contribution in [3.8, 4) is 0 Å². The van der Waals surface area contributed by atoms with E-state index in [9.17, 15) is 14.7 Å². The number of halogens is 1. The fourth-order valence-corrected chi connectivity index (χ4v) is 2.53. The molecule has 0 spiro atoms. The molecule has 1 aromatic heterocycles. The molecule has 1 aromatic rings. The van der Waals surface area contributed by atoms with Crippen LogP contribution in [-0.4, -0.2) is 74.7 Å². The number of likely N-dealkylation sites (tertiary alicyclic amines) is 1. The number of nitrogens with zero attached hydrogens (tertiary/aromatic N) is 3. The fraction of sp³-hybridized carbons (Fsp3) is 0.444. The molecule has 0 bridgehead atoms. The van der Waals surface area contributed by atoms with Crippen LogP contribution in [0.5, 0.6) is 0 Å². The van der Waals surface area contributed by atoms with Gasteiger partial charge in [-0.15, -0.1) is 0 Å². The van der Waals surface area contributed by atoms with Crippen LogP contribution in [0.25, 0.3) is 0 Å². The van der Waals surface area contributed by atoms with Gasteiger partial charge in [-0.3, -0.25) is 4.98 Å². The number of hydrogen-bond donors (Lipinski definition) is 3. The van der Waals surface area contributed by atoms with Gasteiger partial charge in [0.1, 0.15) is 12.7 Å². The second kappa shape index (κ2) is 13.6. The minimum absolute atomic E-state index is 0.151. The summed E-state index contributed by atoms with van der Waals surface area (Å²) < 4.78 is 0. The zero-order valence-corrected chi connectivity index (χ0v) is 16.0. The minimum Gasteiger partial charge on any atom is -0.478 e. The summed E-state index contributed by atoms with van der Waals surface area (Å²) in [7, 11) is 0. The van der Waals surface area contributed by atoms with Crippen LogP contribution in [0.1, 0.15) is 24.8 Å². The molecule has 3 N–H and O–H groups in total. The number of rotatable bonds is 8. The lowest BCUT2D eigenvalue weighted by Gasteiger charge is -2.27. The molecule has 0 radical (unpaired) electrons. The molecule has 0 aliphatic carbocycles. The van der Waals surface area contributed by atoms with Gasteiger partial charge in [-0.05, 0) is 38.1 Å². The van der Waals surface area contributed by atoms with Crippen LogP contribution < -0.4 is 0 Å². The van der Waals surface area contributed by atoms with Gasteiger partial charge >= 0.3 is 11.9 Å². The van der Waals surface area contributed by atoms with E-state index < -0.39 is 18.0 Å². The van der Waals surface area contributed by atoms with Gasteiger partial charge in [0.05, 0.1) is 0 Å². The van der Waals surface area contributed by atoms with Gasteiger partial charge in [-0.2, -0.15) is 0 Å². The average Bonchev–Trinajstić information content (AvgIpc) is 2.68. The van der Waals surface area contributed by atoms with E-state index in [0.29, 0.717) is 18.7 Å². The number of aliphatic hydroxyl groups excluding tert-OH is 1. The van der Waals surface area contributed by atoms with Crippen LogP contribution in [0, 0.1) is 0 Å². The van der Waals surface area contributed by atoms with Crippen LogP contribution in [0.4, 0.5) is 0 Å². The summed E-state index contributed by atoms with van der Waals surface area (Å²) in [5.74, 6) is -2.51. The number of carboxylic acid groups (broad SMARTS) is 2. The van der Waals surface area contributed by atoms with Gasteiger partial charge in [-0.25, -0.2) is 9.59 Å². The van der Waals surface area contributed by atoms with Crippen LogP contribution in [0.15, 0.2) is 41.8 Å². The van der Waals surface area contributed by atoms with Gasteiger partial charge in [0.25, 0.3) is 0 Å². The van der Waals surface area contributed by atoms with Crippen LogP contribution in [0.3, 0.4) is 0 Å². The molecule has 1 aliphatic rings. The van der Waals surface area contributed by atoms with Crippen molar-refractivity contribution in [2.45, 2.75) is 25.4 Å². The first-order chi connectivity index (χ1) is 13.4. The summed E-state index contributed by atoms with van der Waals surface area (Å²) in [5, 5.41) is 29.6. The summed E-state index contributed by atoms with van der Waals surface area (Å²) in [6.45, 7) is 2.89. The van der Waals surface area contributed by atoms with Gasteiger partial charge in [0, 0.05) is 36.7 Å². The molecule has 2 heterocycles. The molecule has 1 aliphatic heterocycles. The molecule has 10 heteroatoms. The summed E-state index contributed by atoms with van der Waals surface area (Å²) in [6, 6.07) is 3.50. The molecule has 2 rings (SSSR count). The van der Waals surface area contributed by atoms with Crippen molar-refractivity contribution >= 4 is 28.7 Å². The topological polar surface area (TPSA) is 133 Å². The Morgan fingerprint density at radius 1 is 1.18 bits per heavy atom. The number of oxime groups is 1. The average molecular weight is 414 g/mol. The van der Waals surface area contributed by atoms with Crippen molar-refractivity contribution in [3.05, 3.63) is 42.2 Å². The van der Waals surface area contributed by atoms with E-state index in [-0.39, 0.29) is 11.8 Å². The molecule has 0 saturated carbocycles. The maximum Gasteiger partial charge on any atom is 0.328 e. The first-order valence-corrected chi connectivity index (χ1v) is 9.06. The van der Waals surface area contributed by atoms with Gasteiger partial charge in [0.15, 0.2) is 5.17 Å². The number of piperidine rings is 1. The number of carboxylic acids is 2. The van der Waals surface area contributed by atoms with E-state index in [0.717, 1.165) is 18.7 Å². The minimum atomic E-state index is -1.26. The quantitative estimate of drug-likeness (QED) is 0.332. The molecule has 1 atom stereocenters. The van der Waals surface area contributed by atoms with E-state index in [1.165, 1.54) is 19.3 Å². The molecular weight excluding hydrogens is 390 g/mol.